The fourth-order valence-electron chi connectivity index (χ4n) is 11.5. The Bertz CT molecular complexity index is 918. The lowest BCUT2D eigenvalue weighted by Gasteiger charge is -2.63. The van der Waals surface area contributed by atoms with Crippen LogP contribution in [0.2, 0.25) is 0 Å². The van der Waals surface area contributed by atoms with Crippen LogP contribution in [0.5, 0.6) is 0 Å². The van der Waals surface area contributed by atoms with Crippen molar-refractivity contribution in [1.82, 2.24) is 0 Å². The molecule has 0 heterocycles. The third kappa shape index (κ3) is 3.49. The van der Waals surface area contributed by atoms with Crippen molar-refractivity contribution in [3.63, 3.8) is 0 Å². The Labute approximate surface area is 221 Å². The van der Waals surface area contributed by atoms with Crippen molar-refractivity contribution in [2.75, 3.05) is 7.11 Å². The van der Waals surface area contributed by atoms with Gasteiger partial charge in [-0.05, 0) is 123 Å². The number of allylic oxidation sites excluding steroid dienone is 1. The molecule has 5 aliphatic rings. The van der Waals surface area contributed by atoms with Gasteiger partial charge in [0.1, 0.15) is 6.10 Å². The number of hydrogen-bond acceptors (Lipinski definition) is 3. The zero-order chi connectivity index (χ0) is 26.4. The van der Waals surface area contributed by atoms with Crippen molar-refractivity contribution < 1.29 is 14.3 Å². The second-order valence-corrected chi connectivity index (χ2v) is 15.5. The highest BCUT2D eigenvalue weighted by Gasteiger charge is 2.82. The van der Waals surface area contributed by atoms with E-state index in [4.69, 9.17) is 9.47 Å². The lowest BCUT2D eigenvalue weighted by molar-refractivity contribution is -0.181. The Morgan fingerprint density at radius 3 is 2.28 bits per heavy atom. The molecule has 5 rings (SSSR count). The van der Waals surface area contributed by atoms with Crippen LogP contribution in [0, 0.1) is 50.7 Å². The van der Waals surface area contributed by atoms with Crippen molar-refractivity contribution in [3.8, 4) is 0 Å². The van der Waals surface area contributed by atoms with Crippen LogP contribution in [0.3, 0.4) is 0 Å². The first kappa shape index (κ1) is 26.8. The van der Waals surface area contributed by atoms with Gasteiger partial charge in [0, 0.05) is 19.4 Å². The first-order valence-corrected chi connectivity index (χ1v) is 15.1. The maximum absolute atomic E-state index is 11.9. The number of carbonyl (C=O) groups excluding carboxylic acids is 1. The van der Waals surface area contributed by atoms with Crippen molar-refractivity contribution in [1.29, 1.82) is 0 Å². The molecular weight excluding hydrogens is 444 g/mol. The third-order valence-corrected chi connectivity index (χ3v) is 13.7. The van der Waals surface area contributed by atoms with Crippen LogP contribution < -0.4 is 0 Å². The van der Waals surface area contributed by atoms with Crippen LogP contribution in [0.1, 0.15) is 120 Å². The molecule has 0 amide bonds. The highest BCUT2D eigenvalue weighted by atomic mass is 16.5. The Balaban J connectivity index is 1.36. The Morgan fingerprint density at radius 2 is 1.61 bits per heavy atom. The Morgan fingerprint density at radius 1 is 0.944 bits per heavy atom. The quantitative estimate of drug-likeness (QED) is 0.272. The Hall–Kier alpha value is -0.830. The molecule has 0 saturated heterocycles. The SMILES string of the molecule is COC(C)(C)/C=C/C[C@@H](C)[C@H]1CC[C@@]2(C)[C@@H]3CC[C@H]4C(C)(C)[C@@H](OC(C)=O)CC[C@@]45C[C@@]35CC[C@]12C. The summed E-state index contributed by atoms with van der Waals surface area (Å²) >= 11 is 0. The molecule has 0 aliphatic heterocycles. The molecule has 0 unspecified atom stereocenters. The number of fused-ring (bicyclic) bond motifs is 2. The smallest absolute Gasteiger partial charge is 0.302 e. The van der Waals surface area contributed by atoms with E-state index in [0.29, 0.717) is 27.6 Å². The second-order valence-electron chi connectivity index (χ2n) is 15.5. The largest absolute Gasteiger partial charge is 0.462 e. The summed E-state index contributed by atoms with van der Waals surface area (Å²) in [5.74, 6) is 3.02. The normalized spacial score (nSPS) is 47.9. The van der Waals surface area contributed by atoms with Gasteiger partial charge in [0.2, 0.25) is 0 Å². The predicted molar refractivity (Wildman–Crippen MR) is 146 cm³/mol. The predicted octanol–water partition coefficient (Wildman–Crippen LogP) is 8.36. The average molecular weight is 499 g/mol. The summed E-state index contributed by atoms with van der Waals surface area (Å²) in [6, 6.07) is 0. The van der Waals surface area contributed by atoms with Crippen molar-refractivity contribution in [3.05, 3.63) is 12.2 Å². The molecule has 9 atom stereocenters. The molecule has 3 nitrogen and oxygen atoms in total. The highest BCUT2D eigenvalue weighted by molar-refractivity contribution is 5.66. The van der Waals surface area contributed by atoms with Crippen molar-refractivity contribution in [2.24, 2.45) is 50.7 Å². The van der Waals surface area contributed by atoms with Gasteiger partial charge in [0.05, 0.1) is 5.60 Å². The highest BCUT2D eigenvalue weighted by Crippen LogP contribution is 2.89. The molecule has 36 heavy (non-hydrogen) atoms. The van der Waals surface area contributed by atoms with Crippen LogP contribution in [0.4, 0.5) is 0 Å². The molecule has 3 heteroatoms. The molecule has 204 valence electrons. The lowest BCUT2D eigenvalue weighted by Crippen LogP contribution is -2.58. The van der Waals surface area contributed by atoms with Crippen LogP contribution >= 0.6 is 0 Å². The van der Waals surface area contributed by atoms with Gasteiger partial charge in [-0.15, -0.1) is 0 Å². The molecule has 0 aromatic heterocycles. The van der Waals surface area contributed by atoms with Crippen LogP contribution in [-0.4, -0.2) is 24.8 Å². The summed E-state index contributed by atoms with van der Waals surface area (Å²) in [5.41, 5.74) is 1.90. The number of rotatable bonds is 6. The zero-order valence-corrected chi connectivity index (χ0v) is 24.8. The van der Waals surface area contributed by atoms with Gasteiger partial charge < -0.3 is 9.47 Å². The summed E-state index contributed by atoms with van der Waals surface area (Å²) < 4.78 is 11.5. The lowest BCUT2D eigenvalue weighted by atomic mass is 9.41. The molecule has 0 aromatic carbocycles. The molecular formula is C33H54O3. The second kappa shape index (κ2) is 8.33. The summed E-state index contributed by atoms with van der Waals surface area (Å²) in [6.45, 7) is 18.6. The fourth-order valence-corrected chi connectivity index (χ4v) is 11.5. The number of methoxy groups -OCH3 is 1. The number of hydrogen-bond donors (Lipinski definition) is 0. The summed E-state index contributed by atoms with van der Waals surface area (Å²) in [6.07, 6.45) is 18.1. The molecule has 0 radical (unpaired) electrons. The van der Waals surface area contributed by atoms with Crippen LogP contribution in [0.15, 0.2) is 12.2 Å². The number of ether oxygens (including phenoxy) is 2. The van der Waals surface area contributed by atoms with Gasteiger partial charge >= 0.3 is 5.97 Å². The van der Waals surface area contributed by atoms with E-state index in [0.717, 1.165) is 30.6 Å². The molecule has 5 fully saturated rings. The minimum Gasteiger partial charge on any atom is -0.462 e. The van der Waals surface area contributed by atoms with Gasteiger partial charge in [-0.25, -0.2) is 0 Å². The first-order chi connectivity index (χ1) is 16.7. The average Bonchev–Trinajstić information content (AvgIpc) is 3.37. The molecule has 0 aromatic rings. The van der Waals surface area contributed by atoms with Crippen molar-refractivity contribution >= 4 is 5.97 Å². The number of carbonyl (C=O) groups is 1. The van der Waals surface area contributed by atoms with E-state index in [2.05, 4.69) is 60.6 Å². The minimum atomic E-state index is -0.174. The van der Waals surface area contributed by atoms with Gasteiger partial charge in [-0.1, -0.05) is 46.8 Å². The molecule has 2 spiro atoms. The van der Waals surface area contributed by atoms with Gasteiger partial charge in [-0.3, -0.25) is 4.79 Å². The van der Waals surface area contributed by atoms with Gasteiger partial charge in [0.15, 0.2) is 0 Å². The third-order valence-electron chi connectivity index (χ3n) is 13.7. The fraction of sp³-hybridized carbons (Fsp3) is 0.909. The minimum absolute atomic E-state index is 0.0923. The van der Waals surface area contributed by atoms with E-state index in [-0.39, 0.29) is 23.1 Å². The summed E-state index contributed by atoms with van der Waals surface area (Å²) in [7, 11) is 1.80. The maximum atomic E-state index is 11.9. The maximum Gasteiger partial charge on any atom is 0.302 e. The van der Waals surface area contributed by atoms with E-state index in [1.54, 1.807) is 14.0 Å². The monoisotopic (exact) mass is 498 g/mol. The van der Waals surface area contributed by atoms with E-state index in [1.807, 2.05) is 0 Å². The summed E-state index contributed by atoms with van der Waals surface area (Å²) in [4.78, 5) is 11.9. The van der Waals surface area contributed by atoms with E-state index in [9.17, 15) is 4.79 Å². The van der Waals surface area contributed by atoms with Crippen molar-refractivity contribution in [2.45, 2.75) is 131 Å². The standard InChI is InChI=1S/C33H54O3/c1-22(11-10-16-28(3,4)35-9)24-14-17-31(8)26-13-12-25-29(5,6)27(36-23(2)34)15-18-32(25)21-33(26,32)20-19-30(24,31)7/h10,16,22,24-27H,11-15,17-21H2,1-9H3/b16-10+/t22-,24-,25+,26+,27+,30-,31+,32-,33+/m1/s1. The van der Waals surface area contributed by atoms with Crippen LogP contribution in [0.25, 0.3) is 0 Å². The van der Waals surface area contributed by atoms with E-state index in [1.165, 1.54) is 51.4 Å². The summed E-state index contributed by atoms with van der Waals surface area (Å²) in [5, 5.41) is 0. The molecule has 5 saturated carbocycles. The van der Waals surface area contributed by atoms with E-state index < -0.39 is 0 Å². The first-order valence-electron chi connectivity index (χ1n) is 15.1. The Kier molecular flexibility index (Phi) is 6.19. The topological polar surface area (TPSA) is 35.5 Å². The van der Waals surface area contributed by atoms with Gasteiger partial charge in [-0.2, -0.15) is 0 Å². The van der Waals surface area contributed by atoms with Gasteiger partial charge in [0.25, 0.3) is 0 Å². The van der Waals surface area contributed by atoms with Crippen LogP contribution in [-0.2, 0) is 14.3 Å². The zero-order valence-electron chi connectivity index (χ0n) is 24.8. The molecule has 0 bridgehead atoms. The molecule has 5 aliphatic carbocycles. The van der Waals surface area contributed by atoms with E-state index >= 15 is 0 Å². The molecule has 0 N–H and O–H groups in total. The number of esters is 1.